The Morgan fingerprint density at radius 1 is 1.19 bits per heavy atom. The van der Waals surface area contributed by atoms with Crippen molar-refractivity contribution in [3.63, 3.8) is 0 Å². The van der Waals surface area contributed by atoms with Crippen molar-refractivity contribution in [3.05, 3.63) is 111 Å². The van der Waals surface area contributed by atoms with Crippen molar-refractivity contribution < 1.29 is 28.5 Å². The van der Waals surface area contributed by atoms with E-state index < -0.39 is 42.4 Å². The number of benzene rings is 3. The van der Waals surface area contributed by atoms with E-state index in [1.165, 1.54) is 12.1 Å². The number of hydrogen-bond acceptors (Lipinski definition) is 9. The van der Waals surface area contributed by atoms with E-state index in [0.717, 1.165) is 30.5 Å². The number of ether oxygens (including phenoxy) is 1. The molecule has 0 saturated carbocycles. The van der Waals surface area contributed by atoms with Crippen molar-refractivity contribution >= 4 is 37.3 Å². The number of aromatic nitrogens is 3. The molecule has 4 aromatic rings. The van der Waals surface area contributed by atoms with Crippen molar-refractivity contribution in [2.24, 2.45) is 5.92 Å². The summed E-state index contributed by atoms with van der Waals surface area (Å²) >= 11 is 0. The van der Waals surface area contributed by atoms with Crippen LogP contribution < -0.4 is 15.5 Å². The van der Waals surface area contributed by atoms with Crippen molar-refractivity contribution in [3.8, 4) is 0 Å². The van der Waals surface area contributed by atoms with Crippen molar-refractivity contribution in [2.75, 3.05) is 23.4 Å². The van der Waals surface area contributed by atoms with Crippen LogP contribution in [0.4, 0.5) is 21.2 Å². The molecular weight excluding hydrogens is 698 g/mol. The zero-order valence-electron chi connectivity index (χ0n) is 29.9. The van der Waals surface area contributed by atoms with E-state index in [-0.39, 0.29) is 36.7 Å². The second kappa shape index (κ2) is 14.5. The van der Waals surface area contributed by atoms with Crippen LogP contribution in [0.25, 0.3) is 0 Å². The average molecular weight is 742 g/mol. The topological polar surface area (TPSA) is 165 Å². The number of carbonyl (C=O) groups excluding carboxylic acids is 2. The predicted molar refractivity (Wildman–Crippen MR) is 198 cm³/mol. The summed E-state index contributed by atoms with van der Waals surface area (Å²) in [6.45, 7) is 6.15. The molecule has 278 valence electrons. The number of anilines is 2. The van der Waals surface area contributed by atoms with Gasteiger partial charge in [0, 0.05) is 47.6 Å². The largest absolute Gasteiger partial charge is 0.395 e. The number of nitro groups is 1. The highest BCUT2D eigenvalue weighted by Gasteiger charge is 2.67. The molecule has 3 aliphatic rings. The van der Waals surface area contributed by atoms with E-state index in [1.807, 2.05) is 49.4 Å². The summed E-state index contributed by atoms with van der Waals surface area (Å²) in [5.74, 6) is -1.49. The Morgan fingerprint density at radius 2 is 1.94 bits per heavy atom. The Bertz CT molecular complexity index is 1980. The molecule has 6 atom stereocenters. The maximum absolute atomic E-state index is 16.4. The van der Waals surface area contributed by atoms with Gasteiger partial charge < -0.3 is 29.5 Å². The zero-order chi connectivity index (χ0) is 37.5. The summed E-state index contributed by atoms with van der Waals surface area (Å²) in [5.41, 5.74) is 1.30. The highest BCUT2D eigenvalue weighted by Crippen LogP contribution is 2.60. The molecule has 3 N–H and O–H groups in total. The molecular formula is C38H44FN7O6Si. The molecule has 2 amide bonds. The van der Waals surface area contributed by atoms with Crippen LogP contribution in [-0.2, 0) is 33.0 Å². The Balaban J connectivity index is 1.15. The number of non-ortho nitro benzene ring substituents is 1. The van der Waals surface area contributed by atoms with Gasteiger partial charge in [-0.2, -0.15) is 0 Å². The molecule has 1 unspecified atom stereocenters. The van der Waals surface area contributed by atoms with Crippen LogP contribution in [0.15, 0.2) is 79.0 Å². The van der Waals surface area contributed by atoms with E-state index >= 15 is 4.11 Å². The smallest absolute Gasteiger partial charge is 0.269 e. The van der Waals surface area contributed by atoms with Crippen LogP contribution in [-0.4, -0.2) is 70.5 Å². The first kappa shape index (κ1) is 36.5. The molecule has 0 radical (unpaired) electrons. The number of rotatable bonds is 12. The molecule has 3 aromatic carbocycles. The summed E-state index contributed by atoms with van der Waals surface area (Å²) in [6.07, 6.45) is 3.12. The van der Waals surface area contributed by atoms with E-state index in [0.29, 0.717) is 35.6 Å². The molecule has 1 aromatic heterocycles. The van der Waals surface area contributed by atoms with Gasteiger partial charge in [0.2, 0.25) is 14.3 Å². The molecule has 4 heterocycles. The first-order valence-electron chi connectivity index (χ1n) is 18.1. The highest BCUT2D eigenvalue weighted by atomic mass is 28.4. The van der Waals surface area contributed by atoms with E-state index in [9.17, 15) is 24.8 Å². The molecule has 15 heteroatoms. The minimum Gasteiger partial charge on any atom is -0.395 e. The Labute approximate surface area is 307 Å². The maximum atomic E-state index is 16.4. The Kier molecular flexibility index (Phi) is 10.0. The molecule has 1 spiro atoms. The molecule has 2 saturated heterocycles. The third kappa shape index (κ3) is 6.89. The summed E-state index contributed by atoms with van der Waals surface area (Å²) < 4.78 is 24.9. The van der Waals surface area contributed by atoms with E-state index in [1.54, 1.807) is 47.1 Å². The van der Waals surface area contributed by atoms with E-state index in [4.69, 9.17) is 4.74 Å². The molecule has 13 nitrogen and oxygen atoms in total. The molecule has 0 bridgehead atoms. The molecule has 53 heavy (non-hydrogen) atoms. The number of nitro benzene ring substituents is 1. The lowest BCUT2D eigenvalue weighted by molar-refractivity contribution is -0.385. The summed E-state index contributed by atoms with van der Waals surface area (Å²) in [7, 11) is -3.50. The Morgan fingerprint density at radius 3 is 2.60 bits per heavy atom. The summed E-state index contributed by atoms with van der Waals surface area (Å²) in [4.78, 5) is 40.5. The van der Waals surface area contributed by atoms with Gasteiger partial charge in [-0.3, -0.25) is 24.4 Å². The van der Waals surface area contributed by atoms with Crippen LogP contribution in [0.3, 0.4) is 0 Å². The number of halogens is 1. The lowest BCUT2D eigenvalue weighted by atomic mass is 9.82. The fraction of sp³-hybridized carbons (Fsp3) is 0.421. The third-order valence-electron chi connectivity index (χ3n) is 11.0. The number of amides is 2. The number of nitrogens with one attached hydrogen (secondary N) is 2. The number of carbonyl (C=O) groups is 2. The minimum absolute atomic E-state index is 0.0935. The molecule has 7 rings (SSSR count). The van der Waals surface area contributed by atoms with Gasteiger partial charge in [-0.1, -0.05) is 54.6 Å². The average Bonchev–Trinajstić information content (AvgIpc) is 3.94. The summed E-state index contributed by atoms with van der Waals surface area (Å²) in [5, 5.41) is 36.9. The van der Waals surface area contributed by atoms with Gasteiger partial charge in [-0.15, -0.1) is 5.10 Å². The second-order valence-corrected chi connectivity index (χ2v) is 18.6. The highest BCUT2D eigenvalue weighted by molar-refractivity contribution is 6.72. The van der Waals surface area contributed by atoms with Crippen LogP contribution in [0, 0.1) is 16.0 Å². The fourth-order valence-electron chi connectivity index (χ4n) is 8.49. The first-order valence-corrected chi connectivity index (χ1v) is 21.0. The van der Waals surface area contributed by atoms with Crippen molar-refractivity contribution in [2.45, 2.75) is 81.6 Å². The van der Waals surface area contributed by atoms with Gasteiger partial charge >= 0.3 is 0 Å². The number of fused-ring (bicyclic) bond motifs is 2. The van der Waals surface area contributed by atoms with Gasteiger partial charge in [-0.25, -0.2) is 0 Å². The number of aliphatic hydroxyl groups excluding tert-OH is 1. The van der Waals surface area contributed by atoms with Crippen LogP contribution in [0.2, 0.25) is 18.6 Å². The van der Waals surface area contributed by atoms with E-state index in [2.05, 4.69) is 20.9 Å². The predicted octanol–water partition coefficient (Wildman–Crippen LogP) is 5.41. The number of aryl methyl sites for hydroxylation is 1. The quantitative estimate of drug-likeness (QED) is 0.0745. The maximum Gasteiger partial charge on any atom is 0.269 e. The van der Waals surface area contributed by atoms with Crippen LogP contribution in [0.5, 0.6) is 0 Å². The Hall–Kier alpha value is -4.83. The SMILES string of the molecule is C[C@H]1[C@H]([Si](C)(C)F)[C@@H](CCn2cc(C(CO)c3ccccc3)nn2)O[C@]12C(=O)N(Cc1ccc(NC(=O)[C@H]3CCCN3)cc1)c1ccc([N+](=O)[O-])cc12. The fourth-order valence-corrected chi connectivity index (χ4v) is 11.0. The molecule has 2 fully saturated rings. The van der Waals surface area contributed by atoms with Crippen molar-refractivity contribution in [1.82, 2.24) is 20.3 Å². The van der Waals surface area contributed by atoms with Gasteiger partial charge in [0.25, 0.3) is 11.6 Å². The van der Waals surface area contributed by atoms with Crippen LogP contribution >= 0.6 is 0 Å². The number of aliphatic hydroxyl groups is 1. The zero-order valence-corrected chi connectivity index (χ0v) is 30.9. The number of hydrogen-bond donors (Lipinski definition) is 3. The first-order chi connectivity index (χ1) is 25.4. The lowest BCUT2D eigenvalue weighted by Gasteiger charge is -2.31. The third-order valence-corrected chi connectivity index (χ3v) is 13.5. The van der Waals surface area contributed by atoms with Gasteiger partial charge in [0.1, 0.15) is 0 Å². The minimum atomic E-state index is -3.50. The van der Waals surface area contributed by atoms with Crippen molar-refractivity contribution in [1.29, 1.82) is 0 Å². The van der Waals surface area contributed by atoms with Crippen LogP contribution in [0.1, 0.15) is 54.5 Å². The normalized spacial score (nSPS) is 24.5. The molecule has 0 aliphatic carbocycles. The van der Waals surface area contributed by atoms with Gasteiger partial charge in [0.05, 0.1) is 47.5 Å². The van der Waals surface area contributed by atoms with Gasteiger partial charge in [-0.05, 0) is 68.2 Å². The second-order valence-electron chi connectivity index (χ2n) is 14.8. The lowest BCUT2D eigenvalue weighted by Crippen LogP contribution is -2.45. The monoisotopic (exact) mass is 741 g/mol. The molecule has 3 aliphatic heterocycles. The number of nitrogens with zero attached hydrogens (tertiary/aromatic N) is 5. The van der Waals surface area contributed by atoms with Gasteiger partial charge in [0.15, 0.2) is 5.60 Å². The standard InChI is InChI=1S/C38H44FN7O6Si/c1-24-35(53(2,3)39)34(17-19-44-22-32(42-43-44)29(23-47)26-8-5-4-6-9-26)52-38(24)30-20-28(46(50)51)15-16-33(30)45(37(38)49)21-25-11-13-27(14-12-25)41-36(48)31-10-7-18-40-31/h4-6,8-9,11-16,20,22,24,29,31,34-35,40,47H,7,10,17-19,21,23H2,1-3H3,(H,41,48)/t24-,29?,31+,34+,35-,38+/m0/s1. The summed E-state index contributed by atoms with van der Waals surface area (Å²) in [6, 6.07) is 20.9.